The Balaban J connectivity index is 1.36. The summed E-state index contributed by atoms with van der Waals surface area (Å²) in [5.74, 6) is 1.22. The van der Waals surface area contributed by atoms with Crippen molar-refractivity contribution in [2.75, 3.05) is 22.1 Å². The highest BCUT2D eigenvalue weighted by molar-refractivity contribution is 7.13. The number of aliphatic hydroxyl groups excluding tert-OH is 1. The zero-order valence-corrected chi connectivity index (χ0v) is 17.2. The van der Waals surface area contributed by atoms with Crippen molar-refractivity contribution in [3.8, 4) is 0 Å². The van der Waals surface area contributed by atoms with Gasteiger partial charge in [0.25, 0.3) is 0 Å². The molecular formula is C17H18ClN9O2S. The topological polar surface area (TPSA) is 145 Å². The number of halogens is 1. The van der Waals surface area contributed by atoms with Crippen LogP contribution in [0.2, 0.25) is 5.28 Å². The summed E-state index contributed by atoms with van der Waals surface area (Å²) in [6, 6.07) is 1.25. The van der Waals surface area contributed by atoms with Crippen molar-refractivity contribution in [2.45, 2.75) is 37.3 Å². The Morgan fingerprint density at radius 3 is 2.97 bits per heavy atom. The molecule has 1 aliphatic heterocycles. The Morgan fingerprint density at radius 1 is 1.33 bits per heavy atom. The molecule has 0 bridgehead atoms. The molecule has 1 saturated heterocycles. The molecule has 13 heteroatoms. The van der Waals surface area contributed by atoms with Gasteiger partial charge >= 0.3 is 0 Å². The monoisotopic (exact) mass is 447 g/mol. The number of β-amino-alcohol motifs (C(OH)–C–C–N with tert-alkyl or cyclic N) is 1. The van der Waals surface area contributed by atoms with Gasteiger partial charge in [-0.1, -0.05) is 0 Å². The number of carbonyl (C=O) groups excluding carboxylic acids is 1. The summed E-state index contributed by atoms with van der Waals surface area (Å²) >= 11 is 7.43. The minimum atomic E-state index is -0.698. The third-order valence-corrected chi connectivity index (χ3v) is 5.81. The lowest BCUT2D eigenvalue weighted by Crippen LogP contribution is -2.40. The summed E-state index contributed by atoms with van der Waals surface area (Å²) < 4.78 is 0. The Hall–Kier alpha value is -2.83. The van der Waals surface area contributed by atoms with Crippen LogP contribution < -0.4 is 15.5 Å². The van der Waals surface area contributed by atoms with Gasteiger partial charge in [0.05, 0.1) is 6.10 Å². The molecule has 0 unspecified atom stereocenters. The van der Waals surface area contributed by atoms with Gasteiger partial charge in [-0.25, -0.2) is 4.98 Å². The molecule has 1 amide bonds. The number of nitrogens with one attached hydrogen (secondary N) is 3. The smallest absolute Gasteiger partial charge is 0.249 e. The minimum Gasteiger partial charge on any atom is -0.391 e. The number of aliphatic hydroxyl groups is 1. The molecule has 2 fully saturated rings. The van der Waals surface area contributed by atoms with Crippen molar-refractivity contribution in [2.24, 2.45) is 0 Å². The van der Waals surface area contributed by atoms with E-state index in [9.17, 15) is 9.90 Å². The maximum absolute atomic E-state index is 12.7. The zero-order valence-electron chi connectivity index (χ0n) is 15.6. The van der Waals surface area contributed by atoms with E-state index in [1.165, 1.54) is 11.3 Å². The maximum Gasteiger partial charge on any atom is 0.249 e. The second-order valence-electron chi connectivity index (χ2n) is 7.22. The summed E-state index contributed by atoms with van der Waals surface area (Å²) in [5, 5.41) is 25.4. The van der Waals surface area contributed by atoms with E-state index in [4.69, 9.17) is 11.6 Å². The van der Waals surface area contributed by atoms with E-state index in [0.29, 0.717) is 16.9 Å². The summed E-state index contributed by atoms with van der Waals surface area (Å²) in [6.45, 7) is 0.198. The van der Waals surface area contributed by atoms with Crippen LogP contribution in [0.1, 0.15) is 30.9 Å². The largest absolute Gasteiger partial charge is 0.391 e. The van der Waals surface area contributed by atoms with Gasteiger partial charge in [-0.15, -0.1) is 11.3 Å². The normalized spacial score (nSPS) is 21.1. The van der Waals surface area contributed by atoms with E-state index in [1.807, 2.05) is 6.07 Å². The second kappa shape index (κ2) is 7.78. The van der Waals surface area contributed by atoms with E-state index in [2.05, 4.69) is 40.8 Å². The van der Waals surface area contributed by atoms with Crippen LogP contribution in [-0.2, 0) is 4.79 Å². The zero-order chi connectivity index (χ0) is 20.7. The molecule has 2 aliphatic rings. The van der Waals surface area contributed by atoms with Gasteiger partial charge in [0.1, 0.15) is 6.04 Å². The maximum atomic E-state index is 12.7. The lowest BCUT2D eigenvalue weighted by Gasteiger charge is -2.23. The molecule has 2 atom stereocenters. The molecule has 0 aromatic carbocycles. The number of hydrogen-bond acceptors (Lipinski definition) is 10. The number of aromatic nitrogens is 6. The summed E-state index contributed by atoms with van der Waals surface area (Å²) in [5.41, 5.74) is 1.07. The fourth-order valence-electron chi connectivity index (χ4n) is 3.40. The van der Waals surface area contributed by atoms with Crippen LogP contribution in [0.4, 0.5) is 22.8 Å². The van der Waals surface area contributed by atoms with Crippen molar-refractivity contribution in [3.05, 3.63) is 28.6 Å². The third-order valence-electron chi connectivity index (χ3n) is 4.95. The number of rotatable bonds is 6. The molecule has 11 nitrogen and oxygen atoms in total. The molecule has 0 radical (unpaired) electrons. The Labute approximate surface area is 179 Å². The number of anilines is 4. The van der Waals surface area contributed by atoms with E-state index in [0.717, 1.165) is 18.5 Å². The first-order valence-corrected chi connectivity index (χ1v) is 10.7. The highest BCUT2D eigenvalue weighted by atomic mass is 35.5. The molecule has 3 aromatic heterocycles. The fraction of sp³-hybridized carbons (Fsp3) is 0.412. The third kappa shape index (κ3) is 4.06. The number of thiazole rings is 1. The molecule has 1 saturated carbocycles. The molecule has 4 N–H and O–H groups in total. The van der Waals surface area contributed by atoms with Crippen LogP contribution in [0.15, 0.2) is 17.6 Å². The van der Waals surface area contributed by atoms with Crippen LogP contribution >= 0.6 is 22.9 Å². The van der Waals surface area contributed by atoms with Crippen LogP contribution in [0, 0.1) is 0 Å². The van der Waals surface area contributed by atoms with Crippen molar-refractivity contribution in [1.29, 1.82) is 0 Å². The average Bonchev–Trinajstić information content (AvgIpc) is 3.08. The van der Waals surface area contributed by atoms with E-state index >= 15 is 0 Å². The van der Waals surface area contributed by atoms with Crippen molar-refractivity contribution < 1.29 is 9.90 Å². The predicted molar refractivity (Wildman–Crippen MR) is 111 cm³/mol. The SMILES string of the molecule is O=C(Nc1nccs1)[C@@H]1C[C@H](O)CN1c1nc(Cl)nc(Nc2cc(C3CC3)[nH]n2)n1. The summed E-state index contributed by atoms with van der Waals surface area (Å²) in [7, 11) is 0. The van der Waals surface area contributed by atoms with Crippen molar-refractivity contribution >= 4 is 51.7 Å². The Kier molecular flexibility index (Phi) is 4.97. The van der Waals surface area contributed by atoms with Crippen molar-refractivity contribution in [3.63, 3.8) is 0 Å². The lowest BCUT2D eigenvalue weighted by atomic mass is 10.2. The molecule has 30 heavy (non-hydrogen) atoms. The van der Waals surface area contributed by atoms with Crippen LogP contribution in [0.5, 0.6) is 0 Å². The van der Waals surface area contributed by atoms with Gasteiger partial charge < -0.3 is 20.6 Å². The van der Waals surface area contributed by atoms with Gasteiger partial charge in [0.15, 0.2) is 10.9 Å². The quantitative estimate of drug-likeness (QED) is 0.445. The van der Waals surface area contributed by atoms with Crippen LogP contribution in [-0.4, -0.2) is 59.8 Å². The molecule has 1 aliphatic carbocycles. The van der Waals surface area contributed by atoms with E-state index in [1.54, 1.807) is 16.5 Å². The van der Waals surface area contributed by atoms with Gasteiger partial charge in [0.2, 0.25) is 23.1 Å². The molecule has 3 aromatic rings. The number of hydrogen-bond donors (Lipinski definition) is 4. The number of aromatic amines is 1. The van der Waals surface area contributed by atoms with Gasteiger partial charge in [-0.05, 0) is 24.4 Å². The highest BCUT2D eigenvalue weighted by Gasteiger charge is 2.38. The first kappa shape index (κ1) is 19.2. The van der Waals surface area contributed by atoms with Crippen LogP contribution in [0.3, 0.4) is 0 Å². The fourth-order valence-corrected chi connectivity index (χ4v) is 4.09. The summed E-state index contributed by atoms with van der Waals surface area (Å²) in [6.07, 6.45) is 3.47. The highest BCUT2D eigenvalue weighted by Crippen LogP contribution is 2.39. The lowest BCUT2D eigenvalue weighted by molar-refractivity contribution is -0.117. The summed E-state index contributed by atoms with van der Waals surface area (Å²) in [4.78, 5) is 31.1. The first-order chi connectivity index (χ1) is 14.5. The van der Waals surface area contributed by atoms with E-state index in [-0.39, 0.29) is 36.1 Å². The predicted octanol–water partition coefficient (Wildman–Crippen LogP) is 1.90. The van der Waals surface area contributed by atoms with Gasteiger partial charge in [-0.3, -0.25) is 9.89 Å². The average molecular weight is 448 g/mol. The van der Waals surface area contributed by atoms with E-state index < -0.39 is 12.1 Å². The number of amides is 1. The van der Waals surface area contributed by atoms with Gasteiger partial charge in [-0.2, -0.15) is 20.1 Å². The number of nitrogens with zero attached hydrogens (tertiary/aromatic N) is 6. The van der Waals surface area contributed by atoms with Gasteiger partial charge in [0, 0.05) is 42.2 Å². The first-order valence-electron chi connectivity index (χ1n) is 9.44. The van der Waals surface area contributed by atoms with Crippen molar-refractivity contribution in [1.82, 2.24) is 30.1 Å². The number of H-pyrrole nitrogens is 1. The number of carbonyl (C=O) groups is 1. The standard InChI is InChI=1S/C17H18ClN9O2S/c18-14-22-15(20-12-6-10(25-26-12)8-1-2-8)24-16(23-14)27-7-9(28)5-11(27)13(29)21-17-19-3-4-30-17/h3-4,6,8-9,11,28H,1-2,5,7H2,(H,19,21,29)(H2,20,22,23,24,25,26)/t9-,11-/m0/s1. The molecule has 5 rings (SSSR count). The molecule has 0 spiro atoms. The second-order valence-corrected chi connectivity index (χ2v) is 8.45. The Bertz CT molecular complexity index is 1060. The molecular weight excluding hydrogens is 430 g/mol. The Morgan fingerprint density at radius 2 is 2.20 bits per heavy atom. The molecule has 156 valence electrons. The molecule has 4 heterocycles. The minimum absolute atomic E-state index is 0.0269. The van der Waals surface area contributed by atoms with Crippen LogP contribution in [0.25, 0.3) is 0 Å².